The van der Waals surface area contributed by atoms with Crippen LogP contribution in [0.15, 0.2) is 18.2 Å². The number of thiophene rings is 1. The summed E-state index contributed by atoms with van der Waals surface area (Å²) in [5.74, 6) is 0. The Morgan fingerprint density at radius 1 is 1.43 bits per heavy atom. The summed E-state index contributed by atoms with van der Waals surface area (Å²) < 4.78 is 1.14. The van der Waals surface area contributed by atoms with Gasteiger partial charge in [0.2, 0.25) is 0 Å². The topological polar surface area (TPSA) is 46.2 Å². The maximum absolute atomic E-state index is 8.99. The minimum atomic E-state index is 0.0807. The Labute approximate surface area is 94.5 Å². The lowest BCUT2D eigenvalue weighted by Crippen LogP contribution is -1.84. The first kappa shape index (κ1) is 9.96. The minimum Gasteiger partial charge on any atom is -0.392 e. The number of alkyl halides is 1. The lowest BCUT2D eigenvalue weighted by Gasteiger charge is -1.97. The van der Waals surface area contributed by atoms with E-state index in [2.05, 4.69) is 15.9 Å². The molecule has 0 aliphatic heterocycles. The number of nitrogens with two attached hydrogens (primary N) is 1. The number of benzene rings is 1. The van der Waals surface area contributed by atoms with Crippen LogP contribution >= 0.6 is 27.3 Å². The third kappa shape index (κ3) is 1.54. The van der Waals surface area contributed by atoms with Crippen molar-refractivity contribution in [3.8, 4) is 0 Å². The molecule has 0 bridgehead atoms. The van der Waals surface area contributed by atoms with Crippen LogP contribution in [0, 0.1) is 0 Å². The highest BCUT2D eigenvalue weighted by Gasteiger charge is 2.08. The van der Waals surface area contributed by atoms with E-state index in [0.717, 1.165) is 26.2 Å². The Bertz CT molecular complexity index is 466. The first-order valence-corrected chi connectivity index (χ1v) is 6.16. The minimum absolute atomic E-state index is 0.0807. The van der Waals surface area contributed by atoms with Gasteiger partial charge in [0.05, 0.1) is 11.6 Å². The molecule has 2 aromatic rings. The average molecular weight is 272 g/mol. The molecule has 0 unspecified atom stereocenters. The number of fused-ring (bicyclic) bond motifs is 1. The van der Waals surface area contributed by atoms with Crippen LogP contribution in [0.4, 0.5) is 5.00 Å². The van der Waals surface area contributed by atoms with Crippen LogP contribution in [-0.4, -0.2) is 5.11 Å². The molecule has 0 fully saturated rings. The first-order valence-electron chi connectivity index (χ1n) is 4.23. The molecule has 0 amide bonds. The Morgan fingerprint density at radius 3 is 2.86 bits per heavy atom. The van der Waals surface area contributed by atoms with Gasteiger partial charge in [0.1, 0.15) is 0 Å². The zero-order valence-electron chi connectivity index (χ0n) is 7.46. The highest BCUT2D eigenvalue weighted by molar-refractivity contribution is 9.08. The predicted molar refractivity (Wildman–Crippen MR) is 64.8 cm³/mol. The van der Waals surface area contributed by atoms with E-state index < -0.39 is 0 Å². The lowest BCUT2D eigenvalue weighted by atomic mass is 10.1. The van der Waals surface area contributed by atoms with Gasteiger partial charge in [0.25, 0.3) is 0 Å². The lowest BCUT2D eigenvalue weighted by molar-refractivity contribution is 0.282. The van der Waals surface area contributed by atoms with Crippen LogP contribution in [0.3, 0.4) is 0 Å². The predicted octanol–water partition coefficient (Wildman–Crippen LogP) is 2.87. The smallest absolute Gasteiger partial charge is 0.0910 e. The quantitative estimate of drug-likeness (QED) is 0.826. The van der Waals surface area contributed by atoms with E-state index in [9.17, 15) is 0 Å². The number of halogens is 1. The third-order valence-electron chi connectivity index (χ3n) is 2.20. The van der Waals surface area contributed by atoms with E-state index in [1.807, 2.05) is 18.2 Å². The van der Waals surface area contributed by atoms with E-state index in [1.54, 1.807) is 11.3 Å². The van der Waals surface area contributed by atoms with Gasteiger partial charge in [-0.25, -0.2) is 0 Å². The maximum Gasteiger partial charge on any atom is 0.0910 e. The summed E-state index contributed by atoms with van der Waals surface area (Å²) in [6, 6.07) is 5.94. The summed E-state index contributed by atoms with van der Waals surface area (Å²) >= 11 is 4.99. The van der Waals surface area contributed by atoms with E-state index in [1.165, 1.54) is 5.39 Å². The van der Waals surface area contributed by atoms with E-state index in [0.29, 0.717) is 0 Å². The van der Waals surface area contributed by atoms with Crippen molar-refractivity contribution in [3.63, 3.8) is 0 Å². The monoisotopic (exact) mass is 271 g/mol. The van der Waals surface area contributed by atoms with E-state index in [4.69, 9.17) is 10.8 Å². The molecule has 3 N–H and O–H groups in total. The molecule has 0 spiro atoms. The summed E-state index contributed by atoms with van der Waals surface area (Å²) in [5, 5.41) is 11.8. The fraction of sp³-hybridized carbons (Fsp3) is 0.200. The molecule has 0 aliphatic carbocycles. The molecule has 0 saturated heterocycles. The average Bonchev–Trinajstić information content (AvgIpc) is 2.51. The molecule has 14 heavy (non-hydrogen) atoms. The van der Waals surface area contributed by atoms with Gasteiger partial charge in [0, 0.05) is 15.6 Å². The molecule has 1 aromatic carbocycles. The molecule has 2 rings (SSSR count). The van der Waals surface area contributed by atoms with Crippen molar-refractivity contribution in [1.29, 1.82) is 0 Å². The second-order valence-electron chi connectivity index (χ2n) is 3.07. The normalized spacial score (nSPS) is 11.0. The van der Waals surface area contributed by atoms with Crippen molar-refractivity contribution in [2.75, 3.05) is 5.73 Å². The number of nitrogen functional groups attached to an aromatic ring is 1. The highest BCUT2D eigenvalue weighted by Crippen LogP contribution is 2.35. The number of aliphatic hydroxyl groups is 1. The number of aliphatic hydroxyl groups excluding tert-OH is 1. The van der Waals surface area contributed by atoms with Gasteiger partial charge in [-0.05, 0) is 17.0 Å². The number of hydrogen-bond donors (Lipinski definition) is 2. The second-order valence-corrected chi connectivity index (χ2v) is 4.71. The van der Waals surface area contributed by atoms with Crippen molar-refractivity contribution in [2.24, 2.45) is 0 Å². The molecule has 0 radical (unpaired) electrons. The summed E-state index contributed by atoms with van der Waals surface area (Å²) in [4.78, 5) is 0. The van der Waals surface area contributed by atoms with E-state index >= 15 is 0 Å². The maximum atomic E-state index is 8.99. The number of anilines is 1. The summed E-state index contributed by atoms with van der Waals surface area (Å²) in [7, 11) is 0. The van der Waals surface area contributed by atoms with Gasteiger partial charge in [-0.15, -0.1) is 11.3 Å². The van der Waals surface area contributed by atoms with Crippen LogP contribution in [0.25, 0.3) is 10.1 Å². The Kier molecular flexibility index (Phi) is 2.76. The first-order chi connectivity index (χ1) is 6.76. The molecular weight excluding hydrogens is 262 g/mol. The molecule has 1 heterocycles. The van der Waals surface area contributed by atoms with Gasteiger partial charge in [-0.1, -0.05) is 28.1 Å². The zero-order chi connectivity index (χ0) is 10.1. The van der Waals surface area contributed by atoms with Gasteiger partial charge < -0.3 is 10.8 Å². The van der Waals surface area contributed by atoms with Crippen LogP contribution in [0.1, 0.15) is 11.1 Å². The van der Waals surface area contributed by atoms with Crippen LogP contribution in [0.5, 0.6) is 0 Å². The van der Waals surface area contributed by atoms with Gasteiger partial charge in [-0.3, -0.25) is 0 Å². The van der Waals surface area contributed by atoms with E-state index in [-0.39, 0.29) is 6.61 Å². The van der Waals surface area contributed by atoms with Gasteiger partial charge in [-0.2, -0.15) is 0 Å². The highest BCUT2D eigenvalue weighted by atomic mass is 79.9. The largest absolute Gasteiger partial charge is 0.392 e. The van der Waals surface area contributed by atoms with Crippen LogP contribution in [0.2, 0.25) is 0 Å². The molecule has 0 atom stereocenters. The molecule has 74 valence electrons. The molecular formula is C10H10BrNOS. The number of hydrogen-bond acceptors (Lipinski definition) is 3. The van der Waals surface area contributed by atoms with Crippen molar-refractivity contribution < 1.29 is 5.11 Å². The fourth-order valence-electron chi connectivity index (χ4n) is 1.45. The summed E-state index contributed by atoms with van der Waals surface area (Å²) in [6.45, 7) is 0.0807. The van der Waals surface area contributed by atoms with Crippen molar-refractivity contribution in [1.82, 2.24) is 0 Å². The summed E-state index contributed by atoms with van der Waals surface area (Å²) in [5.41, 5.74) is 7.96. The van der Waals surface area contributed by atoms with Gasteiger partial charge in [0.15, 0.2) is 0 Å². The molecule has 0 saturated carbocycles. The molecule has 2 nitrogen and oxygen atoms in total. The van der Waals surface area contributed by atoms with Crippen molar-refractivity contribution in [2.45, 2.75) is 11.9 Å². The molecule has 4 heteroatoms. The SMILES string of the molecule is Nc1sc2cc(CO)ccc2c1CBr. The zero-order valence-corrected chi connectivity index (χ0v) is 9.86. The van der Waals surface area contributed by atoms with Crippen LogP contribution in [-0.2, 0) is 11.9 Å². The Balaban J connectivity index is 2.68. The van der Waals surface area contributed by atoms with Crippen LogP contribution < -0.4 is 5.73 Å². The van der Waals surface area contributed by atoms with Crippen molar-refractivity contribution in [3.05, 3.63) is 29.3 Å². The van der Waals surface area contributed by atoms with Crippen molar-refractivity contribution >= 4 is 42.4 Å². The summed E-state index contributed by atoms with van der Waals surface area (Å²) in [6.07, 6.45) is 0. The Morgan fingerprint density at radius 2 is 2.21 bits per heavy atom. The number of rotatable bonds is 2. The fourth-order valence-corrected chi connectivity index (χ4v) is 3.29. The van der Waals surface area contributed by atoms with Gasteiger partial charge >= 0.3 is 0 Å². The second kappa shape index (κ2) is 3.88. The standard InChI is InChI=1S/C10H10BrNOS/c11-4-8-7-2-1-6(5-13)3-9(7)14-10(8)12/h1-3,13H,4-5,12H2. The third-order valence-corrected chi connectivity index (χ3v) is 3.79. The molecule has 1 aromatic heterocycles. The molecule has 0 aliphatic rings. The Hall–Kier alpha value is -0.580.